The van der Waals surface area contributed by atoms with Crippen molar-refractivity contribution in [2.75, 3.05) is 43.0 Å². The molecule has 19 heteroatoms. The third-order valence-electron chi connectivity index (χ3n) is 13.7. The molecule has 1 aliphatic carbocycles. The molecule has 5 aliphatic rings. The number of benzene rings is 1. The van der Waals surface area contributed by atoms with Gasteiger partial charge in [-0.05, 0) is 82.4 Å². The fourth-order valence-corrected chi connectivity index (χ4v) is 10.4. The number of morpholine rings is 1. The van der Waals surface area contributed by atoms with Gasteiger partial charge in [0.15, 0.2) is 11.3 Å². The third-order valence-corrected chi connectivity index (χ3v) is 13.7. The molecule has 2 bridgehead atoms. The van der Waals surface area contributed by atoms with Crippen LogP contribution in [0.2, 0.25) is 0 Å². The van der Waals surface area contributed by atoms with Gasteiger partial charge in [0.1, 0.15) is 23.5 Å². The highest BCUT2D eigenvalue weighted by molar-refractivity contribution is 6.08. The highest BCUT2D eigenvalue weighted by Gasteiger charge is 2.40. The Bertz CT molecular complexity index is 2730. The van der Waals surface area contributed by atoms with Crippen molar-refractivity contribution in [3.05, 3.63) is 70.2 Å². The van der Waals surface area contributed by atoms with Gasteiger partial charge in [-0.25, -0.2) is 23.1 Å². The average molecular weight is 880 g/mol. The zero-order valence-electron chi connectivity index (χ0n) is 35.8. The first-order chi connectivity index (χ1) is 31.0. The maximum absolute atomic E-state index is 14.3. The number of aryl methyl sites for hydroxylation is 1. The lowest BCUT2D eigenvalue weighted by Gasteiger charge is -2.36. The zero-order chi connectivity index (χ0) is 44.2. The van der Waals surface area contributed by atoms with E-state index in [2.05, 4.69) is 42.5 Å². The second kappa shape index (κ2) is 17.2. The van der Waals surface area contributed by atoms with E-state index < -0.39 is 30.0 Å². The van der Waals surface area contributed by atoms with Crippen molar-refractivity contribution in [1.82, 2.24) is 43.7 Å². The highest BCUT2D eigenvalue weighted by Crippen LogP contribution is 2.36. The van der Waals surface area contributed by atoms with Gasteiger partial charge in [0.2, 0.25) is 11.8 Å². The monoisotopic (exact) mass is 879 g/mol. The predicted molar refractivity (Wildman–Crippen MR) is 230 cm³/mol. The average Bonchev–Trinajstić information content (AvgIpc) is 4.14. The summed E-state index contributed by atoms with van der Waals surface area (Å²) in [5.74, 6) is 6.25. The van der Waals surface area contributed by atoms with E-state index in [-0.39, 0.29) is 66.1 Å². The number of halogens is 2. The number of carbonyl (C=O) groups excluding carboxylic acids is 3. The van der Waals surface area contributed by atoms with Crippen molar-refractivity contribution in [1.29, 1.82) is 0 Å². The Balaban J connectivity index is 0.709. The SMILES string of the molecule is C[C@H](C#Cc1cccc2c1n(C)c(=O)n2C1CCC(=O)NC1=O)OC1CCN(C[C@H]2CC[C@H](n3cc(NC(=O)c4cnn5ccc(N6C[C@H]7C[C@@H]6CO7)nc45)c(C(F)F)n3)CC2)CC1. The lowest BCUT2D eigenvalue weighted by Crippen LogP contribution is -2.44. The number of imide groups is 1. The van der Waals surface area contributed by atoms with Crippen LogP contribution in [0.15, 0.2) is 47.7 Å². The Labute approximate surface area is 367 Å². The van der Waals surface area contributed by atoms with Crippen LogP contribution >= 0.6 is 0 Å². The molecule has 64 heavy (non-hydrogen) atoms. The molecule has 0 spiro atoms. The summed E-state index contributed by atoms with van der Waals surface area (Å²) < 4.78 is 46.8. The fraction of sp³-hybridized carbons (Fsp3) is 0.533. The summed E-state index contributed by atoms with van der Waals surface area (Å²) in [5.41, 5.74) is 1.61. The molecule has 4 atom stereocenters. The molecular weight excluding hydrogens is 829 g/mol. The molecule has 5 fully saturated rings. The Morgan fingerprint density at radius 3 is 2.61 bits per heavy atom. The van der Waals surface area contributed by atoms with Crippen LogP contribution in [0, 0.1) is 17.8 Å². The van der Waals surface area contributed by atoms with Gasteiger partial charge in [-0.2, -0.15) is 10.2 Å². The number of fused-ring (bicyclic) bond motifs is 4. The van der Waals surface area contributed by atoms with Gasteiger partial charge in [-0.3, -0.25) is 33.5 Å². The van der Waals surface area contributed by atoms with Crippen LogP contribution in [0.1, 0.15) is 105 Å². The first kappa shape index (κ1) is 42.0. The summed E-state index contributed by atoms with van der Waals surface area (Å²) in [5, 5.41) is 13.6. The molecule has 8 heterocycles. The van der Waals surface area contributed by atoms with E-state index in [0.717, 1.165) is 76.9 Å². The van der Waals surface area contributed by atoms with Crippen LogP contribution in [0.4, 0.5) is 20.3 Å². The van der Waals surface area contributed by atoms with Crippen LogP contribution < -0.4 is 21.2 Å². The molecule has 1 saturated carbocycles. The molecule has 5 aromatic rings. The first-order valence-corrected chi connectivity index (χ1v) is 22.3. The second-order valence-electron chi connectivity index (χ2n) is 17.8. The Hall–Kier alpha value is -5.97. The van der Waals surface area contributed by atoms with E-state index >= 15 is 0 Å². The number of piperidine rings is 2. The van der Waals surface area contributed by atoms with Crippen LogP contribution in [-0.4, -0.2) is 113 Å². The van der Waals surface area contributed by atoms with Crippen LogP contribution in [-0.2, 0) is 26.1 Å². The van der Waals surface area contributed by atoms with E-state index in [1.807, 2.05) is 25.1 Å². The van der Waals surface area contributed by atoms with Crippen molar-refractivity contribution in [2.24, 2.45) is 13.0 Å². The molecule has 4 aromatic heterocycles. The molecule has 1 aromatic carbocycles. The molecule has 4 saturated heterocycles. The van der Waals surface area contributed by atoms with Gasteiger partial charge in [0.25, 0.3) is 12.3 Å². The summed E-state index contributed by atoms with van der Waals surface area (Å²) in [4.78, 5) is 60.6. The number of hydrogen-bond donors (Lipinski definition) is 2. The minimum absolute atomic E-state index is 0.0111. The smallest absolute Gasteiger partial charge is 0.329 e. The van der Waals surface area contributed by atoms with Gasteiger partial charge in [0.05, 0.1) is 59.4 Å². The topological polar surface area (TPSA) is 175 Å². The number of amides is 3. The molecular formula is C45H51F2N11O6. The number of nitrogens with one attached hydrogen (secondary N) is 2. The largest absolute Gasteiger partial charge is 0.374 e. The number of imidazole rings is 1. The number of alkyl halides is 2. The van der Waals surface area contributed by atoms with E-state index in [0.29, 0.717) is 34.8 Å². The maximum atomic E-state index is 14.3. The number of nitrogens with zero attached hydrogens (tertiary/aromatic N) is 9. The van der Waals surface area contributed by atoms with Crippen LogP contribution in [0.25, 0.3) is 16.7 Å². The molecule has 336 valence electrons. The predicted octanol–water partition coefficient (Wildman–Crippen LogP) is 4.38. The Morgan fingerprint density at radius 1 is 1.06 bits per heavy atom. The van der Waals surface area contributed by atoms with Crippen molar-refractivity contribution in [3.63, 3.8) is 0 Å². The van der Waals surface area contributed by atoms with E-state index in [1.54, 1.807) is 24.0 Å². The Morgan fingerprint density at radius 2 is 1.88 bits per heavy atom. The molecule has 17 nitrogen and oxygen atoms in total. The second-order valence-corrected chi connectivity index (χ2v) is 17.8. The van der Waals surface area contributed by atoms with Crippen LogP contribution in [0.3, 0.4) is 0 Å². The molecule has 4 aliphatic heterocycles. The number of aromatic nitrogens is 7. The summed E-state index contributed by atoms with van der Waals surface area (Å²) in [6, 6.07) is 6.74. The van der Waals surface area contributed by atoms with E-state index in [4.69, 9.17) is 14.5 Å². The molecule has 0 radical (unpaired) electrons. The van der Waals surface area contributed by atoms with Gasteiger partial charge in [0, 0.05) is 52.0 Å². The lowest BCUT2D eigenvalue weighted by molar-refractivity contribution is -0.135. The van der Waals surface area contributed by atoms with Crippen molar-refractivity contribution < 1.29 is 32.6 Å². The van der Waals surface area contributed by atoms with Crippen molar-refractivity contribution >= 4 is 45.9 Å². The lowest BCUT2D eigenvalue weighted by atomic mass is 9.85. The molecule has 2 N–H and O–H groups in total. The zero-order valence-corrected chi connectivity index (χ0v) is 35.8. The quantitative estimate of drug-likeness (QED) is 0.151. The number of para-hydroxylation sites is 1. The summed E-state index contributed by atoms with van der Waals surface area (Å²) in [6.07, 6.45) is 8.32. The van der Waals surface area contributed by atoms with Gasteiger partial charge < -0.3 is 24.6 Å². The molecule has 1 unspecified atom stereocenters. The van der Waals surface area contributed by atoms with E-state index in [9.17, 15) is 28.0 Å². The highest BCUT2D eigenvalue weighted by atomic mass is 19.3. The van der Waals surface area contributed by atoms with Gasteiger partial charge in [-0.1, -0.05) is 17.9 Å². The minimum Gasteiger partial charge on any atom is -0.374 e. The Kier molecular flexibility index (Phi) is 11.3. The third kappa shape index (κ3) is 8.07. The fourth-order valence-electron chi connectivity index (χ4n) is 10.4. The summed E-state index contributed by atoms with van der Waals surface area (Å²) in [7, 11) is 1.66. The summed E-state index contributed by atoms with van der Waals surface area (Å²) >= 11 is 0. The minimum atomic E-state index is -2.87. The van der Waals surface area contributed by atoms with Gasteiger partial charge in [-0.15, -0.1) is 0 Å². The maximum Gasteiger partial charge on any atom is 0.329 e. The summed E-state index contributed by atoms with van der Waals surface area (Å²) in [6.45, 7) is 6.06. The van der Waals surface area contributed by atoms with Crippen LogP contribution in [0.5, 0.6) is 0 Å². The van der Waals surface area contributed by atoms with E-state index in [1.165, 1.54) is 26.0 Å². The molecule has 10 rings (SSSR count). The number of likely N-dealkylation sites (tertiary alicyclic amines) is 1. The number of hydrogen-bond acceptors (Lipinski definition) is 11. The number of carbonyl (C=O) groups is 3. The number of rotatable bonds is 10. The standard InChI is InChI=1S/C45H51F2N11O6/c1-26(6-9-28-4-3-5-35-40(28)53(2)45(62)58(35)36-12-13-38(59)51-44(36)61)64-31-14-17-54(18-15-31)22-27-7-10-29(11-8-27)57-24-34(39(52-57)41(46)47)49-43(60)33-21-48-56-19-16-37(50-42(33)56)55-23-32-20-30(55)25-63-32/h3-5,16,19,21,24,26-27,29-32,36,41H,7-8,10-15,17-18,20,22-23,25H2,1-2H3,(H,49,60)(H,51,59,61)/t26-,27-,29-,30-,32-,36?/m1/s1. The van der Waals surface area contributed by atoms with Gasteiger partial charge >= 0.3 is 5.69 Å². The number of anilines is 2. The van der Waals surface area contributed by atoms with Crippen molar-refractivity contribution in [2.45, 2.75) is 108 Å². The number of ether oxygens (including phenoxy) is 2. The first-order valence-electron chi connectivity index (χ1n) is 22.3. The van der Waals surface area contributed by atoms with Crippen molar-refractivity contribution in [3.8, 4) is 11.8 Å². The normalized spacial score (nSPS) is 24.7. The molecule has 3 amide bonds.